The summed E-state index contributed by atoms with van der Waals surface area (Å²) < 4.78 is 26.9. The molecule has 0 amide bonds. The van der Waals surface area contributed by atoms with Crippen molar-refractivity contribution in [3.8, 4) is 0 Å². The first-order valence-electron chi connectivity index (χ1n) is 10.3. The average molecular weight is 472 g/mol. The second-order valence-corrected chi connectivity index (χ2v) is 8.30. The molecule has 0 aromatic heterocycles. The van der Waals surface area contributed by atoms with E-state index in [0.717, 1.165) is 0 Å². The molecule has 0 aromatic rings. The first-order chi connectivity index (χ1) is 15.0. The van der Waals surface area contributed by atoms with Gasteiger partial charge in [0.25, 0.3) is 0 Å². The summed E-state index contributed by atoms with van der Waals surface area (Å²) >= 11 is 0. The van der Waals surface area contributed by atoms with Crippen molar-refractivity contribution in [1.29, 1.82) is 0 Å². The largest absolute Gasteiger partial charge is 0.394 e. The minimum Gasteiger partial charge on any atom is -0.394 e. The Labute approximate surface area is 183 Å². The summed E-state index contributed by atoms with van der Waals surface area (Å²) in [7, 11) is 0. The lowest BCUT2D eigenvalue weighted by molar-refractivity contribution is -0.383. The fourth-order valence-corrected chi connectivity index (χ4v) is 3.92. The molecule has 0 aromatic carbocycles. The fourth-order valence-electron chi connectivity index (χ4n) is 3.92. The third kappa shape index (κ3) is 4.94. The highest BCUT2D eigenvalue weighted by Crippen LogP contribution is 2.32. The third-order valence-corrected chi connectivity index (χ3v) is 6.02. The van der Waals surface area contributed by atoms with Crippen molar-refractivity contribution in [1.82, 2.24) is 0 Å². The average Bonchev–Trinajstić information content (AvgIpc) is 2.76. The Bertz CT molecular complexity index is 610. The molecule has 3 heterocycles. The topological polar surface area (TPSA) is 228 Å². The van der Waals surface area contributed by atoms with Crippen molar-refractivity contribution in [3.05, 3.63) is 0 Å². The Morgan fingerprint density at radius 3 is 1.69 bits per heavy atom. The molecule has 3 aliphatic rings. The van der Waals surface area contributed by atoms with Crippen LogP contribution >= 0.6 is 0 Å². The molecule has 0 unspecified atom stereocenters. The number of hydrogen-bond donors (Lipinski definition) is 9. The highest BCUT2D eigenvalue weighted by molar-refractivity contribution is 4.95. The molecule has 3 fully saturated rings. The van der Waals surface area contributed by atoms with E-state index in [0.29, 0.717) is 0 Å². The van der Waals surface area contributed by atoms with Crippen LogP contribution < -0.4 is 0 Å². The Morgan fingerprint density at radius 1 is 0.562 bits per heavy atom. The number of rotatable bonds is 5. The lowest BCUT2D eigenvalue weighted by Gasteiger charge is -2.47. The van der Waals surface area contributed by atoms with Crippen LogP contribution in [0.15, 0.2) is 0 Å². The fraction of sp³-hybridized carbons (Fsp3) is 1.00. The smallest absolute Gasteiger partial charge is 0.187 e. The minimum absolute atomic E-state index is 0.700. The van der Waals surface area contributed by atoms with Crippen LogP contribution in [0.4, 0.5) is 0 Å². The van der Waals surface area contributed by atoms with Crippen LogP contribution in [0, 0.1) is 0 Å². The van der Waals surface area contributed by atoms with Gasteiger partial charge in [-0.25, -0.2) is 0 Å². The molecule has 3 saturated heterocycles. The van der Waals surface area contributed by atoms with Crippen molar-refractivity contribution >= 4 is 0 Å². The van der Waals surface area contributed by atoms with Crippen LogP contribution in [0.1, 0.15) is 13.8 Å². The molecule has 0 spiro atoms. The van der Waals surface area contributed by atoms with Gasteiger partial charge in [0.2, 0.25) is 0 Å². The van der Waals surface area contributed by atoms with E-state index < -0.39 is 98.7 Å². The molecule has 188 valence electrons. The molecule has 9 N–H and O–H groups in total. The molecule has 14 nitrogen and oxygen atoms in total. The van der Waals surface area contributed by atoms with E-state index >= 15 is 0 Å². The first-order valence-corrected chi connectivity index (χ1v) is 10.3. The van der Waals surface area contributed by atoms with Crippen molar-refractivity contribution in [3.63, 3.8) is 0 Å². The first kappa shape index (κ1) is 26.1. The standard InChI is InChI=1S/C18H32O14/c1-4-7(20)10(23)12(25)17(28-4)32-15-11(24)8(21)5(2)29-18(15)31-14-9(22)6(3-19)30-16(27)13(14)26/h4-27H,3H2,1-2H3/t4-,5-,6+,7-,8-,9+,10+,11+,12-,13+,14-,15-,16+,17+,18+/m0/s1. The minimum atomic E-state index is -1.81. The van der Waals surface area contributed by atoms with Crippen LogP contribution in [0.25, 0.3) is 0 Å². The number of hydrogen-bond acceptors (Lipinski definition) is 14. The van der Waals surface area contributed by atoms with Gasteiger partial charge in [-0.05, 0) is 13.8 Å². The van der Waals surface area contributed by atoms with Crippen LogP contribution in [0.5, 0.6) is 0 Å². The van der Waals surface area contributed by atoms with E-state index in [9.17, 15) is 46.0 Å². The van der Waals surface area contributed by atoms with Gasteiger partial charge >= 0.3 is 0 Å². The van der Waals surface area contributed by atoms with Gasteiger partial charge in [0.1, 0.15) is 61.0 Å². The molecule has 14 heteroatoms. The molecule has 0 radical (unpaired) electrons. The summed E-state index contributed by atoms with van der Waals surface area (Å²) in [6.45, 7) is 2.13. The molecule has 0 aliphatic carbocycles. The van der Waals surface area contributed by atoms with Crippen LogP contribution in [-0.4, -0.2) is 145 Å². The highest BCUT2D eigenvalue weighted by Gasteiger charge is 2.52. The predicted molar refractivity (Wildman–Crippen MR) is 98.4 cm³/mol. The zero-order valence-corrected chi connectivity index (χ0v) is 17.4. The lowest BCUT2D eigenvalue weighted by atomic mass is 9.96. The molecule has 3 aliphatic heterocycles. The zero-order chi connectivity index (χ0) is 23.9. The molecule has 32 heavy (non-hydrogen) atoms. The van der Waals surface area contributed by atoms with Gasteiger partial charge in [0.15, 0.2) is 18.9 Å². The molecule has 3 rings (SSSR count). The number of aliphatic hydroxyl groups excluding tert-OH is 9. The normalized spacial score (nSPS) is 55.0. The van der Waals surface area contributed by atoms with Crippen LogP contribution in [0.2, 0.25) is 0 Å². The summed E-state index contributed by atoms with van der Waals surface area (Å²) in [6, 6.07) is 0. The Balaban J connectivity index is 1.81. The van der Waals surface area contributed by atoms with Gasteiger partial charge < -0.3 is 69.6 Å². The van der Waals surface area contributed by atoms with Gasteiger partial charge in [-0.3, -0.25) is 0 Å². The van der Waals surface area contributed by atoms with Crippen LogP contribution in [-0.2, 0) is 23.7 Å². The number of ether oxygens (including phenoxy) is 5. The van der Waals surface area contributed by atoms with E-state index in [1.165, 1.54) is 13.8 Å². The summed E-state index contributed by atoms with van der Waals surface area (Å²) in [6.07, 6.45) is -22.6. The molecule has 0 bridgehead atoms. The van der Waals surface area contributed by atoms with E-state index in [4.69, 9.17) is 23.7 Å². The monoisotopic (exact) mass is 472 g/mol. The molecule has 15 atom stereocenters. The van der Waals surface area contributed by atoms with Gasteiger partial charge in [-0.15, -0.1) is 0 Å². The van der Waals surface area contributed by atoms with Gasteiger partial charge in [0.05, 0.1) is 18.8 Å². The van der Waals surface area contributed by atoms with E-state index in [2.05, 4.69) is 0 Å². The Morgan fingerprint density at radius 2 is 1.09 bits per heavy atom. The Hall–Kier alpha value is -0.560. The SMILES string of the molecule is C[C@@H]1O[C@H](O[C@@H]2[C@@H](O[C@@H]3[C@@H](O)[C@H](O)O[C@H](CO)[C@H]3O)O[C@@H](C)[C@H](O)[C@H]2O)[C@@H](O)[C@H](O)[C@H]1O. The second kappa shape index (κ2) is 10.4. The van der Waals surface area contributed by atoms with Crippen molar-refractivity contribution in [2.45, 2.75) is 106 Å². The molecular weight excluding hydrogens is 440 g/mol. The van der Waals surface area contributed by atoms with Gasteiger partial charge in [-0.2, -0.15) is 0 Å². The molecule has 0 saturated carbocycles. The van der Waals surface area contributed by atoms with Crippen molar-refractivity contribution < 1.29 is 69.6 Å². The zero-order valence-electron chi connectivity index (χ0n) is 17.4. The Kier molecular flexibility index (Phi) is 8.44. The maximum absolute atomic E-state index is 10.6. The maximum atomic E-state index is 10.6. The van der Waals surface area contributed by atoms with E-state index in [-0.39, 0.29) is 0 Å². The second-order valence-electron chi connectivity index (χ2n) is 8.30. The third-order valence-electron chi connectivity index (χ3n) is 6.02. The maximum Gasteiger partial charge on any atom is 0.187 e. The van der Waals surface area contributed by atoms with Crippen molar-refractivity contribution in [2.24, 2.45) is 0 Å². The van der Waals surface area contributed by atoms with Gasteiger partial charge in [0, 0.05) is 0 Å². The van der Waals surface area contributed by atoms with Gasteiger partial charge in [-0.1, -0.05) is 0 Å². The predicted octanol–water partition coefficient (Wildman–Crippen LogP) is -5.52. The molecular formula is C18H32O14. The number of aliphatic hydroxyl groups is 9. The van der Waals surface area contributed by atoms with Crippen molar-refractivity contribution in [2.75, 3.05) is 6.61 Å². The van der Waals surface area contributed by atoms with Crippen LogP contribution in [0.3, 0.4) is 0 Å². The summed E-state index contributed by atoms with van der Waals surface area (Å²) in [5.74, 6) is 0. The van der Waals surface area contributed by atoms with E-state index in [1.54, 1.807) is 0 Å². The summed E-state index contributed by atoms with van der Waals surface area (Å²) in [5, 5.41) is 90.6. The lowest BCUT2D eigenvalue weighted by Crippen LogP contribution is -2.66. The van der Waals surface area contributed by atoms with E-state index in [1.807, 2.05) is 0 Å². The summed E-state index contributed by atoms with van der Waals surface area (Å²) in [5.41, 5.74) is 0. The highest BCUT2D eigenvalue weighted by atomic mass is 16.8. The summed E-state index contributed by atoms with van der Waals surface area (Å²) in [4.78, 5) is 0. The quantitative estimate of drug-likeness (QED) is 0.182.